The second-order valence-corrected chi connectivity index (χ2v) is 8.90. The molecule has 2 aromatic rings. The third kappa shape index (κ3) is 3.25. The van der Waals surface area contributed by atoms with Gasteiger partial charge in [-0.2, -0.15) is 0 Å². The fraction of sp³-hybridized carbons (Fsp3) is 0.684. The van der Waals surface area contributed by atoms with Crippen LogP contribution < -0.4 is 0 Å². The molecule has 0 saturated carbocycles. The van der Waals surface area contributed by atoms with Gasteiger partial charge in [-0.3, -0.25) is 0 Å². The molecule has 2 aromatic heterocycles. The summed E-state index contributed by atoms with van der Waals surface area (Å²) in [5, 5.41) is 12.3. The van der Waals surface area contributed by atoms with Crippen LogP contribution in [0.15, 0.2) is 18.6 Å². The molecular formula is C19H24ClN3O6. The molecule has 6 atom stereocenters. The van der Waals surface area contributed by atoms with Crippen LogP contribution in [0.25, 0.3) is 11.0 Å². The van der Waals surface area contributed by atoms with Crippen molar-refractivity contribution >= 4 is 22.6 Å². The van der Waals surface area contributed by atoms with Gasteiger partial charge >= 0.3 is 0 Å². The molecule has 0 aromatic carbocycles. The fourth-order valence-corrected chi connectivity index (χ4v) is 4.53. The van der Waals surface area contributed by atoms with Gasteiger partial charge in [-0.05, 0) is 33.8 Å². The zero-order chi connectivity index (χ0) is 20.6. The van der Waals surface area contributed by atoms with Gasteiger partial charge in [0, 0.05) is 6.20 Å². The fourth-order valence-electron chi connectivity index (χ4n) is 4.34. The number of ether oxygens (including phenoxy) is 5. The number of aromatic nitrogens is 3. The molecule has 0 aliphatic carbocycles. The van der Waals surface area contributed by atoms with E-state index in [-0.39, 0.29) is 0 Å². The number of rotatable bonds is 1. The highest BCUT2D eigenvalue weighted by Gasteiger charge is 2.58. The van der Waals surface area contributed by atoms with Gasteiger partial charge in [-0.1, -0.05) is 11.6 Å². The van der Waals surface area contributed by atoms with Crippen molar-refractivity contribution < 1.29 is 28.8 Å². The summed E-state index contributed by atoms with van der Waals surface area (Å²) >= 11 is 6.19. The average molecular weight is 426 g/mol. The summed E-state index contributed by atoms with van der Waals surface area (Å²) in [7, 11) is 0. The Balaban J connectivity index is 1.58. The molecule has 3 aliphatic heterocycles. The lowest BCUT2D eigenvalue weighted by atomic mass is 9.99. The summed E-state index contributed by atoms with van der Waals surface area (Å²) in [6.45, 7) is 7.62. The second-order valence-electron chi connectivity index (χ2n) is 8.54. The van der Waals surface area contributed by atoms with E-state index in [1.165, 1.54) is 6.33 Å². The molecule has 10 heteroatoms. The minimum atomic E-state index is -1.04. The van der Waals surface area contributed by atoms with Crippen molar-refractivity contribution in [1.82, 2.24) is 14.5 Å². The molecule has 5 rings (SSSR count). The smallest absolute Gasteiger partial charge is 0.164 e. The van der Waals surface area contributed by atoms with Gasteiger partial charge in [0.1, 0.15) is 47.6 Å². The zero-order valence-electron chi connectivity index (χ0n) is 16.6. The molecule has 0 spiro atoms. The highest BCUT2D eigenvalue weighted by Crippen LogP contribution is 2.43. The molecule has 0 amide bonds. The van der Waals surface area contributed by atoms with E-state index >= 15 is 0 Å². The molecule has 3 aliphatic rings. The number of fused-ring (bicyclic) bond motifs is 4. The van der Waals surface area contributed by atoms with E-state index in [4.69, 9.17) is 35.3 Å². The molecule has 29 heavy (non-hydrogen) atoms. The van der Waals surface area contributed by atoms with E-state index in [2.05, 4.69) is 9.97 Å². The Morgan fingerprint density at radius 2 is 1.79 bits per heavy atom. The van der Waals surface area contributed by atoms with Gasteiger partial charge in [-0.25, -0.2) is 9.97 Å². The lowest BCUT2D eigenvalue weighted by molar-refractivity contribution is -0.332. The molecule has 4 unspecified atom stereocenters. The lowest BCUT2D eigenvalue weighted by Gasteiger charge is -2.42. The van der Waals surface area contributed by atoms with Crippen molar-refractivity contribution in [1.29, 1.82) is 0 Å². The highest BCUT2D eigenvalue weighted by atomic mass is 35.5. The summed E-state index contributed by atoms with van der Waals surface area (Å²) in [4.78, 5) is 8.34. The third-order valence-corrected chi connectivity index (χ3v) is 5.85. The average Bonchev–Trinajstić information content (AvgIpc) is 3.19. The molecule has 5 heterocycles. The SMILES string of the molecule is CC1(C)OCC2OC(n3ccc4c(Cl)ncnc43)C(O)[C@H]3OC(C)(C)OC3[C@@H]2O1. The van der Waals surface area contributed by atoms with Crippen LogP contribution in [0, 0.1) is 0 Å². The van der Waals surface area contributed by atoms with Crippen LogP contribution in [-0.2, 0) is 23.7 Å². The first-order valence-corrected chi connectivity index (χ1v) is 10.0. The summed E-state index contributed by atoms with van der Waals surface area (Å²) in [6, 6.07) is 1.79. The maximum absolute atomic E-state index is 11.3. The molecule has 0 bridgehead atoms. The molecular weight excluding hydrogens is 402 g/mol. The number of hydrogen-bond donors (Lipinski definition) is 1. The summed E-state index contributed by atoms with van der Waals surface area (Å²) < 4.78 is 32.3. The number of aliphatic hydroxyl groups is 1. The predicted molar refractivity (Wildman–Crippen MR) is 101 cm³/mol. The molecule has 3 saturated heterocycles. The maximum atomic E-state index is 11.3. The van der Waals surface area contributed by atoms with Crippen LogP contribution in [0.1, 0.15) is 33.9 Å². The van der Waals surface area contributed by atoms with Crippen LogP contribution in [-0.4, -0.2) is 68.3 Å². The van der Waals surface area contributed by atoms with Crippen LogP contribution >= 0.6 is 11.6 Å². The standard InChI is InChI=1S/C19H24ClN3O6/c1-18(2)25-7-10-12(27-18)14-13(28-19(3,4)29-14)11(24)17(26-10)23-6-5-9-15(20)21-8-22-16(9)23/h5-6,8,10-14,17,24H,7H2,1-4H3/t10?,11?,12-,13-,14?,17?/m1/s1. The van der Waals surface area contributed by atoms with Gasteiger partial charge in [0.25, 0.3) is 0 Å². The number of halogens is 1. The Morgan fingerprint density at radius 3 is 2.59 bits per heavy atom. The molecule has 0 radical (unpaired) electrons. The quantitative estimate of drug-likeness (QED) is 0.693. The Kier molecular flexibility index (Phi) is 4.45. The first kappa shape index (κ1) is 19.6. The topological polar surface area (TPSA) is 97.1 Å². The van der Waals surface area contributed by atoms with Crippen LogP contribution in [0.2, 0.25) is 5.15 Å². The molecule has 9 nitrogen and oxygen atoms in total. The first-order valence-electron chi connectivity index (χ1n) is 9.63. The van der Waals surface area contributed by atoms with Crippen LogP contribution in [0.4, 0.5) is 0 Å². The maximum Gasteiger partial charge on any atom is 0.164 e. The van der Waals surface area contributed by atoms with E-state index in [9.17, 15) is 5.11 Å². The molecule has 3 fully saturated rings. The number of nitrogens with zero attached hydrogens (tertiary/aromatic N) is 3. The van der Waals surface area contributed by atoms with E-state index in [0.29, 0.717) is 22.8 Å². The first-order chi connectivity index (χ1) is 13.7. The minimum absolute atomic E-state index is 0.294. The Bertz CT molecular complexity index is 934. The van der Waals surface area contributed by atoms with Crippen molar-refractivity contribution in [3.05, 3.63) is 23.7 Å². The van der Waals surface area contributed by atoms with Crippen molar-refractivity contribution in [2.45, 2.75) is 76.0 Å². The minimum Gasteiger partial charge on any atom is -0.386 e. The largest absolute Gasteiger partial charge is 0.386 e. The summed E-state index contributed by atoms with van der Waals surface area (Å²) in [5.41, 5.74) is 0.556. The second kappa shape index (κ2) is 6.58. The third-order valence-electron chi connectivity index (χ3n) is 5.55. The van der Waals surface area contributed by atoms with Crippen LogP contribution in [0.3, 0.4) is 0 Å². The lowest BCUT2D eigenvalue weighted by Crippen LogP contribution is -2.55. The van der Waals surface area contributed by atoms with Crippen molar-refractivity contribution in [2.75, 3.05) is 6.61 Å². The Labute approximate surface area is 172 Å². The van der Waals surface area contributed by atoms with Gasteiger partial charge < -0.3 is 33.4 Å². The van der Waals surface area contributed by atoms with E-state index in [0.717, 1.165) is 0 Å². The Morgan fingerprint density at radius 1 is 1.07 bits per heavy atom. The van der Waals surface area contributed by atoms with E-state index in [1.54, 1.807) is 16.8 Å². The predicted octanol–water partition coefficient (Wildman–Crippen LogP) is 2.01. The van der Waals surface area contributed by atoms with Gasteiger partial charge in [0.05, 0.1) is 12.0 Å². The Hall–Kier alpha value is -1.33. The zero-order valence-corrected chi connectivity index (χ0v) is 17.4. The summed E-state index contributed by atoms with van der Waals surface area (Å²) in [6.07, 6.45) is -0.801. The monoisotopic (exact) mass is 425 g/mol. The van der Waals surface area contributed by atoms with Crippen LogP contribution in [0.5, 0.6) is 0 Å². The normalized spacial score (nSPS) is 38.4. The molecule has 1 N–H and O–H groups in total. The van der Waals surface area contributed by atoms with E-state index < -0.39 is 48.3 Å². The molecule has 158 valence electrons. The highest BCUT2D eigenvalue weighted by molar-refractivity contribution is 6.33. The van der Waals surface area contributed by atoms with Gasteiger partial charge in [0.2, 0.25) is 0 Å². The van der Waals surface area contributed by atoms with Crippen molar-refractivity contribution in [3.63, 3.8) is 0 Å². The van der Waals surface area contributed by atoms with Gasteiger partial charge in [0.15, 0.2) is 17.8 Å². The van der Waals surface area contributed by atoms with E-state index in [1.807, 2.05) is 27.7 Å². The van der Waals surface area contributed by atoms with Crippen molar-refractivity contribution in [2.24, 2.45) is 0 Å². The van der Waals surface area contributed by atoms with Crippen molar-refractivity contribution in [3.8, 4) is 0 Å². The number of aliphatic hydroxyl groups excluding tert-OH is 1. The summed E-state index contributed by atoms with van der Waals surface area (Å²) in [5.74, 6) is -1.66. The van der Waals surface area contributed by atoms with Gasteiger partial charge in [-0.15, -0.1) is 0 Å². The number of hydrogen-bond acceptors (Lipinski definition) is 8.